The van der Waals surface area contributed by atoms with Gasteiger partial charge in [-0.25, -0.2) is 14.5 Å². The van der Waals surface area contributed by atoms with Gasteiger partial charge < -0.3 is 26.1 Å². The average molecular weight is 618 g/mol. The second-order valence-electron chi connectivity index (χ2n) is 8.20. The molecule has 0 aromatic carbocycles. The van der Waals surface area contributed by atoms with Crippen LogP contribution in [0, 0.1) is 0 Å². The summed E-state index contributed by atoms with van der Waals surface area (Å²) in [5, 5.41) is 34.4. The summed E-state index contributed by atoms with van der Waals surface area (Å²) in [5.74, 6) is -4.43. The Bertz CT molecular complexity index is 1450. The molecule has 21 heteroatoms. The number of anilines is 1. The number of carboxylic acid groups (broad SMARTS) is 2. The lowest BCUT2D eigenvalue weighted by molar-refractivity contribution is -0.174. The topological polar surface area (TPSA) is 228 Å². The largest absolute Gasteiger partial charge is 0.480 e. The number of rotatable bonds is 11. The summed E-state index contributed by atoms with van der Waals surface area (Å²) in [6, 6.07) is 2.75. The molecular weight excluding hydrogens is 599 g/mol. The number of halogens is 3. The Labute approximate surface area is 235 Å². The van der Waals surface area contributed by atoms with E-state index in [9.17, 15) is 37.5 Å². The number of tetrazole rings is 1. The predicted molar refractivity (Wildman–Crippen MR) is 133 cm³/mol. The van der Waals surface area contributed by atoms with Crippen molar-refractivity contribution in [1.29, 1.82) is 0 Å². The van der Waals surface area contributed by atoms with Gasteiger partial charge in [-0.3, -0.25) is 19.3 Å². The number of pyridine rings is 1. The summed E-state index contributed by atoms with van der Waals surface area (Å²) in [4.78, 5) is 58.2. The molecule has 2 aromatic rings. The van der Waals surface area contributed by atoms with Gasteiger partial charge in [0, 0.05) is 11.5 Å². The van der Waals surface area contributed by atoms with E-state index >= 15 is 0 Å². The first-order valence-electron chi connectivity index (χ1n) is 11.2. The number of carbonyl (C=O) groups is 4. The highest BCUT2D eigenvalue weighted by molar-refractivity contribution is 8.01. The number of nitrogens with zero attached hydrogens (tertiary/aromatic N) is 7. The van der Waals surface area contributed by atoms with Crippen LogP contribution in [0.4, 0.5) is 19.0 Å². The third kappa shape index (κ3) is 6.85. The Morgan fingerprint density at radius 1 is 1.29 bits per heavy atom. The fraction of sp³-hybridized carbons (Fsp3) is 0.350. The van der Waals surface area contributed by atoms with Gasteiger partial charge in [0.1, 0.15) is 35.2 Å². The van der Waals surface area contributed by atoms with Crippen LogP contribution in [0.2, 0.25) is 0 Å². The minimum atomic E-state index is -4.74. The number of hydrogen-bond acceptors (Lipinski definition) is 13. The Kier molecular flexibility index (Phi) is 8.66. The molecule has 1 fully saturated rings. The van der Waals surface area contributed by atoms with Gasteiger partial charge in [0.05, 0.1) is 0 Å². The lowest BCUT2D eigenvalue weighted by Gasteiger charge is -2.49. The molecule has 1 saturated heterocycles. The first-order valence-corrected chi connectivity index (χ1v) is 13.2. The number of thioether (sulfide) groups is 2. The number of alkyl halides is 3. The van der Waals surface area contributed by atoms with Crippen molar-refractivity contribution in [2.24, 2.45) is 5.16 Å². The maximum Gasteiger partial charge on any atom is 0.425 e. The Hall–Kier alpha value is -4.40. The maximum atomic E-state index is 13.0. The molecule has 0 saturated carbocycles. The number of nitrogens with two attached hydrogens (primary N) is 1. The predicted octanol–water partition coefficient (Wildman–Crippen LogP) is -0.451. The average Bonchev–Trinajstić information content (AvgIpc) is 3.33. The monoisotopic (exact) mass is 617 g/mol. The second kappa shape index (κ2) is 12.0. The van der Waals surface area contributed by atoms with Crippen molar-refractivity contribution in [2.45, 2.75) is 29.3 Å². The van der Waals surface area contributed by atoms with Crippen LogP contribution in [0.1, 0.15) is 5.69 Å². The molecule has 16 nitrogen and oxygen atoms in total. The fourth-order valence-corrected chi connectivity index (χ4v) is 6.00. The zero-order valence-corrected chi connectivity index (χ0v) is 21.9. The SMILES string of the molecule is Nc1cccc(/C(=N/OCC(F)(F)F)C(=O)NC2C(=O)N3C(C(=O)O)=C(CSc4nnnn4CC(=O)O)CS[C@H]23)n1. The molecule has 2 aliphatic rings. The van der Waals surface area contributed by atoms with E-state index in [0.29, 0.717) is 5.57 Å². The van der Waals surface area contributed by atoms with Crippen LogP contribution in [0.15, 0.2) is 39.8 Å². The van der Waals surface area contributed by atoms with Crippen molar-refractivity contribution in [2.75, 3.05) is 23.8 Å². The van der Waals surface area contributed by atoms with Gasteiger partial charge in [0.2, 0.25) is 11.8 Å². The van der Waals surface area contributed by atoms with E-state index in [1.807, 2.05) is 0 Å². The van der Waals surface area contributed by atoms with Crippen molar-refractivity contribution < 1.29 is 47.4 Å². The van der Waals surface area contributed by atoms with Crippen molar-refractivity contribution in [1.82, 2.24) is 35.4 Å². The Morgan fingerprint density at radius 2 is 2.05 bits per heavy atom. The third-order valence-electron chi connectivity index (χ3n) is 5.31. The van der Waals surface area contributed by atoms with Crippen LogP contribution in [0.25, 0.3) is 0 Å². The van der Waals surface area contributed by atoms with Crippen molar-refractivity contribution in [3.8, 4) is 0 Å². The molecule has 0 bridgehead atoms. The van der Waals surface area contributed by atoms with E-state index in [1.165, 1.54) is 18.2 Å². The van der Waals surface area contributed by atoms with Crippen LogP contribution in [-0.2, 0) is 30.6 Å². The number of fused-ring (bicyclic) bond motifs is 1. The maximum absolute atomic E-state index is 13.0. The van der Waals surface area contributed by atoms with E-state index in [1.54, 1.807) is 0 Å². The summed E-state index contributed by atoms with van der Waals surface area (Å²) in [6.07, 6.45) is -4.74. The van der Waals surface area contributed by atoms with Crippen LogP contribution in [0.5, 0.6) is 0 Å². The standard InChI is InChI=1S/C20H18F3N9O7S2/c21-20(22,23)7-39-28-12(9-2-1-3-10(24)25-9)15(35)26-13-16(36)32-14(18(37)38)8(5-40-17(13)32)6-41-19-27-29-30-31(19)4-11(33)34/h1-3,13,17H,4-7H2,(H2,24,25)(H,26,35)(H,33,34)(H,37,38)/b28-12-/t13?,17-/m1/s1. The Morgan fingerprint density at radius 3 is 2.71 bits per heavy atom. The number of nitrogens with one attached hydrogen (secondary N) is 1. The Balaban J connectivity index is 1.50. The normalized spacial score (nSPS) is 19.0. The molecule has 4 rings (SSSR count). The van der Waals surface area contributed by atoms with Crippen LogP contribution >= 0.6 is 23.5 Å². The number of aliphatic carboxylic acids is 2. The lowest BCUT2D eigenvalue weighted by Crippen LogP contribution is -2.71. The molecule has 2 aliphatic heterocycles. The summed E-state index contributed by atoms with van der Waals surface area (Å²) >= 11 is 2.10. The highest BCUT2D eigenvalue weighted by atomic mass is 32.2. The van der Waals surface area contributed by atoms with Crippen molar-refractivity contribution >= 4 is 58.8 Å². The van der Waals surface area contributed by atoms with Gasteiger partial charge in [-0.1, -0.05) is 23.0 Å². The van der Waals surface area contributed by atoms with Gasteiger partial charge in [-0.05, 0) is 28.1 Å². The first kappa shape index (κ1) is 29.6. The van der Waals surface area contributed by atoms with Gasteiger partial charge in [0.25, 0.3) is 11.8 Å². The molecule has 0 spiro atoms. The molecule has 0 aliphatic carbocycles. The number of nitrogen functional groups attached to an aromatic ring is 1. The van der Waals surface area contributed by atoms with Crippen LogP contribution in [-0.4, -0.2) is 105 Å². The number of β-lactam (4-membered cyclic amide) rings is 1. The fourth-order valence-electron chi connectivity index (χ4n) is 3.64. The molecule has 218 valence electrons. The molecule has 0 radical (unpaired) electrons. The summed E-state index contributed by atoms with van der Waals surface area (Å²) < 4.78 is 38.7. The number of hydrogen-bond donors (Lipinski definition) is 4. The molecule has 41 heavy (non-hydrogen) atoms. The number of amides is 2. The van der Waals surface area contributed by atoms with Crippen LogP contribution in [0.3, 0.4) is 0 Å². The number of oxime groups is 1. The lowest BCUT2D eigenvalue weighted by atomic mass is 10.0. The van der Waals surface area contributed by atoms with Gasteiger partial charge in [0.15, 0.2) is 5.71 Å². The molecule has 1 unspecified atom stereocenters. The van der Waals surface area contributed by atoms with E-state index in [-0.39, 0.29) is 33.9 Å². The quantitative estimate of drug-likeness (QED) is 0.108. The molecule has 5 N–H and O–H groups in total. The summed E-state index contributed by atoms with van der Waals surface area (Å²) in [6.45, 7) is -2.31. The van der Waals surface area contributed by atoms with Crippen LogP contribution < -0.4 is 11.1 Å². The summed E-state index contributed by atoms with van der Waals surface area (Å²) in [5.41, 5.74) is 4.69. The second-order valence-corrected chi connectivity index (χ2v) is 10.2. The molecule has 2 atom stereocenters. The first-order chi connectivity index (χ1) is 19.4. The molecular formula is C20H18F3N9O7S2. The van der Waals surface area contributed by atoms with Gasteiger partial charge in [-0.2, -0.15) is 13.2 Å². The molecule has 2 amide bonds. The van der Waals surface area contributed by atoms with Gasteiger partial charge in [-0.15, -0.1) is 16.9 Å². The number of carbonyl (C=O) groups excluding carboxylic acids is 2. The number of carboxylic acids is 2. The third-order valence-corrected chi connectivity index (χ3v) is 7.69. The zero-order chi connectivity index (χ0) is 29.9. The zero-order valence-electron chi connectivity index (χ0n) is 20.3. The van der Waals surface area contributed by atoms with E-state index in [0.717, 1.165) is 33.1 Å². The minimum absolute atomic E-state index is 0.0105. The summed E-state index contributed by atoms with van der Waals surface area (Å²) in [7, 11) is 0. The van der Waals surface area contributed by atoms with Crippen molar-refractivity contribution in [3.05, 3.63) is 35.2 Å². The van der Waals surface area contributed by atoms with Crippen molar-refractivity contribution in [3.63, 3.8) is 0 Å². The minimum Gasteiger partial charge on any atom is -0.480 e. The van der Waals surface area contributed by atoms with E-state index in [2.05, 4.69) is 35.8 Å². The number of aromatic nitrogens is 5. The van der Waals surface area contributed by atoms with E-state index in [4.69, 9.17) is 10.8 Å². The van der Waals surface area contributed by atoms with E-state index < -0.39 is 60.2 Å². The highest BCUT2D eigenvalue weighted by Gasteiger charge is 2.54. The molecule has 4 heterocycles. The highest BCUT2D eigenvalue weighted by Crippen LogP contribution is 2.41. The molecule has 2 aromatic heterocycles. The smallest absolute Gasteiger partial charge is 0.425 e. The van der Waals surface area contributed by atoms with Gasteiger partial charge >= 0.3 is 18.1 Å².